The smallest absolute Gasteiger partial charge is 0.251 e. The number of benzene rings is 2. The Morgan fingerprint density at radius 1 is 1.15 bits per heavy atom. The van der Waals surface area contributed by atoms with Crippen LogP contribution in [0.4, 0.5) is 5.69 Å². The first-order valence-electron chi connectivity index (χ1n) is 11.1. The van der Waals surface area contributed by atoms with E-state index in [1.54, 1.807) is 18.3 Å². The molecule has 1 unspecified atom stereocenters. The Bertz CT molecular complexity index is 1320. The van der Waals surface area contributed by atoms with Crippen LogP contribution in [0, 0.1) is 0 Å². The van der Waals surface area contributed by atoms with Gasteiger partial charge in [0.2, 0.25) is 0 Å². The molecule has 1 atom stereocenters. The number of carbonyl (C=O) groups excluding carboxylic acids is 1. The van der Waals surface area contributed by atoms with Gasteiger partial charge in [-0.05, 0) is 48.4 Å². The molecule has 1 aliphatic heterocycles. The van der Waals surface area contributed by atoms with Gasteiger partial charge < -0.3 is 19.9 Å². The number of aromatic nitrogens is 5. The summed E-state index contributed by atoms with van der Waals surface area (Å²) in [7, 11) is 1.89. The summed E-state index contributed by atoms with van der Waals surface area (Å²) < 4.78 is 7.63. The van der Waals surface area contributed by atoms with Crippen molar-refractivity contribution in [3.05, 3.63) is 83.6 Å². The summed E-state index contributed by atoms with van der Waals surface area (Å²) in [5, 5.41) is 14.8. The maximum atomic E-state index is 12.7. The van der Waals surface area contributed by atoms with Crippen molar-refractivity contribution in [2.24, 2.45) is 7.05 Å². The van der Waals surface area contributed by atoms with Crippen molar-refractivity contribution in [3.63, 3.8) is 0 Å². The van der Waals surface area contributed by atoms with Crippen LogP contribution in [0.2, 0.25) is 0 Å². The number of hydrogen-bond acceptors (Lipinski definition) is 7. The molecule has 34 heavy (non-hydrogen) atoms. The minimum atomic E-state index is -0.126. The van der Waals surface area contributed by atoms with Crippen LogP contribution in [-0.2, 0) is 26.6 Å². The number of carbonyl (C=O) groups is 1. The van der Waals surface area contributed by atoms with E-state index in [9.17, 15) is 4.79 Å². The summed E-state index contributed by atoms with van der Waals surface area (Å²) in [6, 6.07) is 15.3. The molecule has 0 saturated carbocycles. The SMILES string of the molecule is CC1Cc2cc(CNC(=O)c3cccc(NCc4nnc(-c5ccncn5)n4C)c3)ccc2O1. The zero-order valence-electron chi connectivity index (χ0n) is 19.0. The van der Waals surface area contributed by atoms with Crippen molar-refractivity contribution >= 4 is 11.6 Å². The zero-order chi connectivity index (χ0) is 23.5. The molecular weight excluding hydrogens is 430 g/mol. The van der Waals surface area contributed by atoms with Crippen LogP contribution in [0.15, 0.2) is 61.1 Å². The molecule has 3 heterocycles. The van der Waals surface area contributed by atoms with Crippen LogP contribution in [-0.4, -0.2) is 36.7 Å². The van der Waals surface area contributed by atoms with Crippen molar-refractivity contribution in [2.45, 2.75) is 32.5 Å². The quantitative estimate of drug-likeness (QED) is 0.441. The Labute approximate surface area is 197 Å². The highest BCUT2D eigenvalue weighted by Gasteiger charge is 2.19. The van der Waals surface area contributed by atoms with E-state index < -0.39 is 0 Å². The molecule has 4 aromatic rings. The van der Waals surface area contributed by atoms with Crippen LogP contribution >= 0.6 is 0 Å². The number of amides is 1. The monoisotopic (exact) mass is 455 g/mol. The first-order chi connectivity index (χ1) is 16.6. The number of nitrogens with zero attached hydrogens (tertiary/aromatic N) is 5. The Hall–Kier alpha value is -4.27. The van der Waals surface area contributed by atoms with E-state index in [1.165, 1.54) is 11.9 Å². The zero-order valence-corrected chi connectivity index (χ0v) is 19.0. The molecule has 0 saturated heterocycles. The van der Waals surface area contributed by atoms with Gasteiger partial charge in [0.1, 0.15) is 23.9 Å². The van der Waals surface area contributed by atoms with Crippen LogP contribution < -0.4 is 15.4 Å². The van der Waals surface area contributed by atoms with Gasteiger partial charge in [0.05, 0.1) is 6.54 Å². The third kappa shape index (κ3) is 4.59. The fourth-order valence-corrected chi connectivity index (χ4v) is 3.98. The first kappa shape index (κ1) is 21.6. The molecule has 0 spiro atoms. The summed E-state index contributed by atoms with van der Waals surface area (Å²) in [5.74, 6) is 2.23. The average Bonchev–Trinajstić information content (AvgIpc) is 3.42. The average molecular weight is 456 g/mol. The molecule has 2 aromatic carbocycles. The number of anilines is 1. The molecule has 9 heteroatoms. The highest BCUT2D eigenvalue weighted by atomic mass is 16.5. The summed E-state index contributed by atoms with van der Waals surface area (Å²) in [6.07, 6.45) is 4.26. The topological polar surface area (TPSA) is 107 Å². The Morgan fingerprint density at radius 2 is 2.06 bits per heavy atom. The largest absolute Gasteiger partial charge is 0.490 e. The van der Waals surface area contributed by atoms with E-state index in [0.717, 1.165) is 29.2 Å². The number of rotatable bonds is 7. The lowest BCUT2D eigenvalue weighted by molar-refractivity contribution is 0.0951. The minimum Gasteiger partial charge on any atom is -0.490 e. The molecule has 1 amide bonds. The Kier molecular flexibility index (Phi) is 5.90. The third-order valence-electron chi connectivity index (χ3n) is 5.76. The van der Waals surface area contributed by atoms with Crippen molar-refractivity contribution in [1.82, 2.24) is 30.0 Å². The molecule has 1 aliphatic rings. The van der Waals surface area contributed by atoms with E-state index in [1.807, 2.05) is 41.9 Å². The van der Waals surface area contributed by atoms with Crippen molar-refractivity contribution < 1.29 is 9.53 Å². The van der Waals surface area contributed by atoms with Crippen molar-refractivity contribution in [3.8, 4) is 17.3 Å². The van der Waals surface area contributed by atoms with E-state index in [-0.39, 0.29) is 12.0 Å². The molecule has 0 bridgehead atoms. The van der Waals surface area contributed by atoms with Gasteiger partial charge in [-0.1, -0.05) is 18.2 Å². The standard InChI is InChI=1S/C25H25N7O2/c1-16-10-19-11-17(6-7-22(19)34-16)13-28-25(33)18-4-3-5-20(12-18)27-14-23-30-31-24(32(23)2)21-8-9-26-15-29-21/h3-9,11-12,15-16,27H,10,13-14H2,1-2H3,(H,28,33). The number of hydrogen-bond donors (Lipinski definition) is 2. The number of ether oxygens (including phenoxy) is 1. The second-order valence-electron chi connectivity index (χ2n) is 8.29. The fourth-order valence-electron chi connectivity index (χ4n) is 3.98. The predicted octanol–water partition coefficient (Wildman–Crippen LogP) is 3.14. The highest BCUT2D eigenvalue weighted by Crippen LogP contribution is 2.29. The first-order valence-corrected chi connectivity index (χ1v) is 11.1. The van der Waals surface area contributed by atoms with Gasteiger partial charge in [0.15, 0.2) is 11.6 Å². The normalized spacial score (nSPS) is 14.4. The summed E-state index contributed by atoms with van der Waals surface area (Å²) in [4.78, 5) is 20.9. The Morgan fingerprint density at radius 3 is 2.91 bits per heavy atom. The highest BCUT2D eigenvalue weighted by molar-refractivity contribution is 5.95. The third-order valence-corrected chi connectivity index (χ3v) is 5.76. The van der Waals surface area contributed by atoms with Gasteiger partial charge in [0.25, 0.3) is 5.91 Å². The molecule has 5 rings (SSSR count). The van der Waals surface area contributed by atoms with Gasteiger partial charge in [-0.15, -0.1) is 10.2 Å². The van der Waals surface area contributed by atoms with Gasteiger partial charge in [0, 0.05) is 37.5 Å². The lowest BCUT2D eigenvalue weighted by Crippen LogP contribution is -2.22. The van der Waals surface area contributed by atoms with Gasteiger partial charge in [-0.25, -0.2) is 9.97 Å². The number of nitrogens with one attached hydrogen (secondary N) is 2. The fraction of sp³-hybridized carbons (Fsp3) is 0.240. The van der Waals surface area contributed by atoms with Gasteiger partial charge in [-0.2, -0.15) is 0 Å². The lowest BCUT2D eigenvalue weighted by atomic mass is 10.1. The van der Waals surface area contributed by atoms with Gasteiger partial charge >= 0.3 is 0 Å². The maximum Gasteiger partial charge on any atom is 0.251 e. The Balaban J connectivity index is 1.20. The van der Waals surface area contributed by atoms with E-state index >= 15 is 0 Å². The van der Waals surface area contributed by atoms with Crippen LogP contribution in [0.1, 0.15) is 34.2 Å². The van der Waals surface area contributed by atoms with Crippen molar-refractivity contribution in [1.29, 1.82) is 0 Å². The lowest BCUT2D eigenvalue weighted by Gasteiger charge is -2.10. The minimum absolute atomic E-state index is 0.126. The molecule has 0 fully saturated rings. The van der Waals surface area contributed by atoms with Crippen LogP contribution in [0.5, 0.6) is 5.75 Å². The molecule has 9 nitrogen and oxygen atoms in total. The van der Waals surface area contributed by atoms with Crippen LogP contribution in [0.3, 0.4) is 0 Å². The molecule has 2 aromatic heterocycles. The molecular formula is C25H25N7O2. The summed E-state index contributed by atoms with van der Waals surface area (Å²) in [6.45, 7) is 2.97. The number of fused-ring (bicyclic) bond motifs is 1. The van der Waals surface area contributed by atoms with Gasteiger partial charge in [-0.3, -0.25) is 4.79 Å². The van der Waals surface area contributed by atoms with Crippen LogP contribution in [0.25, 0.3) is 11.5 Å². The van der Waals surface area contributed by atoms with Crippen molar-refractivity contribution in [2.75, 3.05) is 5.32 Å². The molecule has 172 valence electrons. The van der Waals surface area contributed by atoms with E-state index in [2.05, 4.69) is 43.8 Å². The predicted molar refractivity (Wildman–Crippen MR) is 127 cm³/mol. The summed E-state index contributed by atoms with van der Waals surface area (Å²) >= 11 is 0. The molecule has 2 N–H and O–H groups in total. The second kappa shape index (κ2) is 9.30. The van der Waals surface area contributed by atoms with E-state index in [0.29, 0.717) is 30.2 Å². The molecule has 0 aliphatic carbocycles. The maximum absolute atomic E-state index is 12.7. The summed E-state index contributed by atoms with van der Waals surface area (Å²) in [5.41, 5.74) is 4.36. The van der Waals surface area contributed by atoms with E-state index in [4.69, 9.17) is 4.74 Å². The molecule has 0 radical (unpaired) electrons. The second-order valence-corrected chi connectivity index (χ2v) is 8.29.